The number of aliphatic hydroxyl groups excluding tert-OH is 1. The molecule has 15 heavy (non-hydrogen) atoms. The van der Waals surface area contributed by atoms with Crippen LogP contribution in [0.25, 0.3) is 0 Å². The van der Waals surface area contributed by atoms with Gasteiger partial charge in [-0.05, 0) is 34.3 Å². The second-order valence-electron chi connectivity index (χ2n) is 3.91. The molecule has 0 radical (unpaired) electrons. The van der Waals surface area contributed by atoms with Crippen LogP contribution in [0.4, 0.5) is 0 Å². The van der Waals surface area contributed by atoms with E-state index < -0.39 is 6.10 Å². The maximum atomic E-state index is 10.0. The third-order valence-electron chi connectivity index (χ3n) is 2.66. The summed E-state index contributed by atoms with van der Waals surface area (Å²) in [6.07, 6.45) is 1.36. The molecule has 84 valence electrons. The molecule has 1 aromatic rings. The SMILES string of the molecule is CCC(C)CC(O)c1cccc(Br)c1Cl. The number of hydrogen-bond acceptors (Lipinski definition) is 1. The molecule has 0 fully saturated rings. The van der Waals surface area contributed by atoms with Crippen molar-refractivity contribution in [1.29, 1.82) is 0 Å². The molecule has 0 amide bonds. The lowest BCUT2D eigenvalue weighted by atomic mass is 9.96. The summed E-state index contributed by atoms with van der Waals surface area (Å²) < 4.78 is 0.838. The molecule has 0 aliphatic heterocycles. The Hall–Kier alpha value is -0.0500. The van der Waals surface area contributed by atoms with E-state index in [1.54, 1.807) is 0 Å². The summed E-state index contributed by atoms with van der Waals surface area (Å²) >= 11 is 9.46. The van der Waals surface area contributed by atoms with Crippen molar-refractivity contribution >= 4 is 27.5 Å². The van der Waals surface area contributed by atoms with Crippen molar-refractivity contribution in [2.45, 2.75) is 32.8 Å². The number of hydrogen-bond donors (Lipinski definition) is 1. The van der Waals surface area contributed by atoms with Crippen LogP contribution in [0.2, 0.25) is 5.02 Å². The van der Waals surface area contributed by atoms with Crippen LogP contribution >= 0.6 is 27.5 Å². The van der Waals surface area contributed by atoms with Gasteiger partial charge < -0.3 is 5.11 Å². The summed E-state index contributed by atoms with van der Waals surface area (Å²) in [6, 6.07) is 5.65. The fourth-order valence-electron chi connectivity index (χ4n) is 1.45. The highest BCUT2D eigenvalue weighted by molar-refractivity contribution is 9.10. The zero-order valence-corrected chi connectivity index (χ0v) is 11.3. The van der Waals surface area contributed by atoms with Crippen molar-refractivity contribution in [3.8, 4) is 0 Å². The topological polar surface area (TPSA) is 20.2 Å². The van der Waals surface area contributed by atoms with Crippen LogP contribution in [-0.2, 0) is 0 Å². The summed E-state index contributed by atoms with van der Waals surface area (Å²) in [7, 11) is 0. The maximum absolute atomic E-state index is 10.0. The first kappa shape index (κ1) is 13.0. The van der Waals surface area contributed by atoms with Gasteiger partial charge >= 0.3 is 0 Å². The molecule has 0 saturated heterocycles. The average Bonchev–Trinajstić information content (AvgIpc) is 2.21. The molecule has 1 rings (SSSR count). The van der Waals surface area contributed by atoms with Gasteiger partial charge in [-0.15, -0.1) is 0 Å². The number of benzene rings is 1. The molecule has 0 aliphatic carbocycles. The maximum Gasteiger partial charge on any atom is 0.0807 e. The van der Waals surface area contributed by atoms with E-state index in [4.69, 9.17) is 11.6 Å². The average molecular weight is 292 g/mol. The largest absolute Gasteiger partial charge is 0.388 e. The molecule has 0 heterocycles. The zero-order chi connectivity index (χ0) is 11.4. The Morgan fingerprint density at radius 3 is 2.73 bits per heavy atom. The first-order valence-corrected chi connectivity index (χ1v) is 6.35. The predicted octanol–water partition coefficient (Wildman–Crippen LogP) is 4.57. The third-order valence-corrected chi connectivity index (χ3v) is 3.97. The summed E-state index contributed by atoms with van der Waals surface area (Å²) in [5.41, 5.74) is 0.811. The Labute approximate surface area is 105 Å². The van der Waals surface area contributed by atoms with Gasteiger partial charge in [0, 0.05) is 10.0 Å². The Bertz CT molecular complexity index is 327. The van der Waals surface area contributed by atoms with Gasteiger partial charge in [-0.3, -0.25) is 0 Å². The van der Waals surface area contributed by atoms with Gasteiger partial charge in [0.05, 0.1) is 11.1 Å². The second-order valence-corrected chi connectivity index (χ2v) is 5.14. The van der Waals surface area contributed by atoms with Gasteiger partial charge in [0.15, 0.2) is 0 Å². The van der Waals surface area contributed by atoms with Crippen molar-refractivity contribution in [1.82, 2.24) is 0 Å². The lowest BCUT2D eigenvalue weighted by Gasteiger charge is -2.16. The Morgan fingerprint density at radius 1 is 1.47 bits per heavy atom. The molecule has 1 aromatic carbocycles. The molecule has 0 spiro atoms. The molecule has 3 heteroatoms. The lowest BCUT2D eigenvalue weighted by molar-refractivity contribution is 0.146. The normalized spacial score (nSPS) is 15.0. The minimum absolute atomic E-state index is 0.468. The van der Waals surface area contributed by atoms with Crippen LogP contribution < -0.4 is 0 Å². The molecular formula is C12H16BrClO. The van der Waals surface area contributed by atoms with Crippen LogP contribution in [-0.4, -0.2) is 5.11 Å². The van der Waals surface area contributed by atoms with E-state index >= 15 is 0 Å². The van der Waals surface area contributed by atoms with Crippen LogP contribution in [0.1, 0.15) is 38.4 Å². The molecule has 0 bridgehead atoms. The molecule has 1 N–H and O–H groups in total. The van der Waals surface area contributed by atoms with Crippen molar-refractivity contribution in [2.75, 3.05) is 0 Å². The van der Waals surface area contributed by atoms with Gasteiger partial charge in [0.2, 0.25) is 0 Å². The summed E-state index contributed by atoms with van der Waals surface area (Å²) in [5, 5.41) is 10.6. The molecule has 1 nitrogen and oxygen atoms in total. The van der Waals surface area contributed by atoms with E-state index in [1.807, 2.05) is 18.2 Å². The van der Waals surface area contributed by atoms with E-state index in [0.717, 1.165) is 22.9 Å². The monoisotopic (exact) mass is 290 g/mol. The summed E-state index contributed by atoms with van der Waals surface area (Å²) in [4.78, 5) is 0. The van der Waals surface area contributed by atoms with Crippen LogP contribution in [0.3, 0.4) is 0 Å². The lowest BCUT2D eigenvalue weighted by Crippen LogP contribution is -2.04. The second kappa shape index (κ2) is 5.88. The number of halogens is 2. The van der Waals surface area contributed by atoms with Gasteiger partial charge in [0.25, 0.3) is 0 Å². The quantitative estimate of drug-likeness (QED) is 0.861. The van der Waals surface area contributed by atoms with E-state index in [-0.39, 0.29) is 0 Å². The zero-order valence-electron chi connectivity index (χ0n) is 9.00. The van der Waals surface area contributed by atoms with Crippen molar-refractivity contribution in [2.24, 2.45) is 5.92 Å². The molecule has 2 unspecified atom stereocenters. The molecular weight excluding hydrogens is 275 g/mol. The standard InChI is InChI=1S/C12H16BrClO/c1-3-8(2)7-11(15)9-5-4-6-10(13)12(9)14/h4-6,8,11,15H,3,7H2,1-2H3. The van der Waals surface area contributed by atoms with Crippen molar-refractivity contribution < 1.29 is 5.11 Å². The van der Waals surface area contributed by atoms with Gasteiger partial charge in [0.1, 0.15) is 0 Å². The Kier molecular flexibility index (Phi) is 5.10. The molecule has 0 aliphatic rings. The third kappa shape index (κ3) is 3.47. The first-order valence-electron chi connectivity index (χ1n) is 5.18. The number of aliphatic hydroxyl groups is 1. The van der Waals surface area contributed by atoms with Gasteiger partial charge in [-0.1, -0.05) is 44.0 Å². The molecule has 2 atom stereocenters. The van der Waals surface area contributed by atoms with Gasteiger partial charge in [-0.25, -0.2) is 0 Å². The Morgan fingerprint density at radius 2 is 2.13 bits per heavy atom. The van der Waals surface area contributed by atoms with Crippen LogP contribution in [0.5, 0.6) is 0 Å². The fourth-order valence-corrected chi connectivity index (χ4v) is 2.09. The van der Waals surface area contributed by atoms with E-state index in [1.165, 1.54) is 0 Å². The minimum atomic E-state index is -0.468. The van der Waals surface area contributed by atoms with E-state index in [2.05, 4.69) is 29.8 Å². The van der Waals surface area contributed by atoms with Crippen molar-refractivity contribution in [3.05, 3.63) is 33.3 Å². The summed E-state index contributed by atoms with van der Waals surface area (Å²) in [6.45, 7) is 4.26. The number of rotatable bonds is 4. The van der Waals surface area contributed by atoms with E-state index in [9.17, 15) is 5.11 Å². The highest BCUT2D eigenvalue weighted by Gasteiger charge is 2.15. The first-order chi connectivity index (χ1) is 7.06. The molecule has 0 aromatic heterocycles. The fraction of sp³-hybridized carbons (Fsp3) is 0.500. The van der Waals surface area contributed by atoms with Crippen LogP contribution in [0, 0.1) is 5.92 Å². The predicted molar refractivity (Wildman–Crippen MR) is 68.2 cm³/mol. The Balaban J connectivity index is 2.82. The van der Waals surface area contributed by atoms with Gasteiger partial charge in [-0.2, -0.15) is 0 Å². The van der Waals surface area contributed by atoms with E-state index in [0.29, 0.717) is 10.9 Å². The molecule has 0 saturated carbocycles. The van der Waals surface area contributed by atoms with Crippen LogP contribution in [0.15, 0.2) is 22.7 Å². The highest BCUT2D eigenvalue weighted by atomic mass is 79.9. The smallest absolute Gasteiger partial charge is 0.0807 e. The van der Waals surface area contributed by atoms with Crippen molar-refractivity contribution in [3.63, 3.8) is 0 Å². The minimum Gasteiger partial charge on any atom is -0.388 e. The highest BCUT2D eigenvalue weighted by Crippen LogP contribution is 2.33. The summed E-state index contributed by atoms with van der Waals surface area (Å²) in [5.74, 6) is 0.509.